The van der Waals surface area contributed by atoms with Gasteiger partial charge in [0.15, 0.2) is 0 Å². The number of halogens is 1. The van der Waals surface area contributed by atoms with Gasteiger partial charge in [-0.05, 0) is 42.5 Å². The second-order valence-electron chi connectivity index (χ2n) is 4.26. The molecule has 0 aromatic heterocycles. The van der Waals surface area contributed by atoms with E-state index in [1.54, 1.807) is 19.2 Å². The van der Waals surface area contributed by atoms with Crippen LogP contribution in [-0.4, -0.2) is 23.7 Å². The number of rotatable bonds is 6. The van der Waals surface area contributed by atoms with Crippen LogP contribution in [0.5, 0.6) is 11.5 Å². The van der Waals surface area contributed by atoms with Crippen molar-refractivity contribution in [3.8, 4) is 11.5 Å². The number of anilines is 1. The highest BCUT2D eigenvalue weighted by Gasteiger charge is 2.08. The topological polar surface area (TPSA) is 61.5 Å². The van der Waals surface area contributed by atoms with Crippen LogP contribution in [0.3, 0.4) is 0 Å². The third kappa shape index (κ3) is 4.47. The first-order chi connectivity index (χ1) is 10.1. The molecule has 0 saturated carbocycles. The van der Waals surface area contributed by atoms with Crippen LogP contribution in [0.1, 0.15) is 0 Å². The Balaban J connectivity index is 1.88. The summed E-state index contributed by atoms with van der Waals surface area (Å²) in [5, 5.41) is 0. The second-order valence-corrected chi connectivity index (χ2v) is 6.71. The number of benzene rings is 2. The number of nitrogen functional groups attached to an aromatic ring is 1. The van der Waals surface area contributed by atoms with Crippen molar-refractivity contribution in [1.82, 2.24) is 0 Å². The fourth-order valence-corrected chi connectivity index (χ4v) is 3.12. The maximum atomic E-state index is 12.2. The van der Waals surface area contributed by atoms with E-state index in [1.165, 1.54) is 0 Å². The molecule has 0 saturated heterocycles. The predicted octanol–water partition coefficient (Wildman–Crippen LogP) is 3.23. The smallest absolute Gasteiger partial charge is 0.119 e. The lowest BCUT2D eigenvalue weighted by atomic mass is 10.3. The first-order valence-corrected chi connectivity index (χ1v) is 8.41. The molecule has 0 aliphatic rings. The van der Waals surface area contributed by atoms with E-state index < -0.39 is 10.8 Å². The van der Waals surface area contributed by atoms with Gasteiger partial charge in [-0.15, -0.1) is 0 Å². The Morgan fingerprint density at radius 1 is 1.14 bits per heavy atom. The van der Waals surface area contributed by atoms with Gasteiger partial charge in [-0.1, -0.05) is 15.9 Å². The van der Waals surface area contributed by atoms with Gasteiger partial charge in [0.25, 0.3) is 0 Å². The van der Waals surface area contributed by atoms with Crippen molar-refractivity contribution < 1.29 is 13.7 Å². The van der Waals surface area contributed by atoms with Gasteiger partial charge in [-0.2, -0.15) is 0 Å². The maximum absolute atomic E-state index is 12.2. The molecule has 4 nitrogen and oxygen atoms in total. The van der Waals surface area contributed by atoms with Gasteiger partial charge in [0.2, 0.25) is 0 Å². The van der Waals surface area contributed by atoms with Gasteiger partial charge in [0.05, 0.1) is 28.6 Å². The summed E-state index contributed by atoms with van der Waals surface area (Å²) in [5.41, 5.74) is 6.38. The zero-order chi connectivity index (χ0) is 15.2. The lowest BCUT2D eigenvalue weighted by Gasteiger charge is -2.08. The minimum atomic E-state index is -1.18. The molecule has 2 rings (SSSR count). The van der Waals surface area contributed by atoms with E-state index in [0.29, 0.717) is 22.9 Å². The molecule has 1 unspecified atom stereocenters. The number of nitrogens with two attached hydrogens (primary N) is 1. The highest BCUT2D eigenvalue weighted by Crippen LogP contribution is 2.22. The predicted molar refractivity (Wildman–Crippen MR) is 88.3 cm³/mol. The zero-order valence-corrected chi connectivity index (χ0v) is 13.9. The molecule has 1 atom stereocenters. The third-order valence-corrected chi connectivity index (χ3v) is 4.71. The molecule has 21 heavy (non-hydrogen) atoms. The molecule has 0 bridgehead atoms. The fraction of sp³-hybridized carbons (Fsp3) is 0.200. The van der Waals surface area contributed by atoms with E-state index in [9.17, 15) is 4.21 Å². The van der Waals surface area contributed by atoms with Gasteiger partial charge < -0.3 is 15.2 Å². The van der Waals surface area contributed by atoms with Crippen molar-refractivity contribution >= 4 is 32.4 Å². The van der Waals surface area contributed by atoms with Crippen LogP contribution < -0.4 is 15.2 Å². The van der Waals surface area contributed by atoms with Crippen molar-refractivity contribution in [2.45, 2.75) is 4.90 Å². The second kappa shape index (κ2) is 7.47. The van der Waals surface area contributed by atoms with Crippen LogP contribution in [0.25, 0.3) is 0 Å². The highest BCUT2D eigenvalue weighted by molar-refractivity contribution is 9.10. The lowest BCUT2D eigenvalue weighted by Crippen LogP contribution is -2.10. The van der Waals surface area contributed by atoms with Crippen molar-refractivity contribution in [2.75, 3.05) is 25.2 Å². The van der Waals surface area contributed by atoms with E-state index in [-0.39, 0.29) is 0 Å². The molecule has 0 aliphatic carbocycles. The molecule has 0 spiro atoms. The average Bonchev–Trinajstić information content (AvgIpc) is 2.47. The molecule has 2 aromatic carbocycles. The summed E-state index contributed by atoms with van der Waals surface area (Å²) in [6.45, 7) is 0.356. The minimum Gasteiger partial charge on any atom is -0.497 e. The first kappa shape index (κ1) is 15.9. The molecular formula is C15H16BrNO3S. The first-order valence-electron chi connectivity index (χ1n) is 6.30. The summed E-state index contributed by atoms with van der Waals surface area (Å²) in [4.78, 5) is 0.636. The molecule has 0 amide bonds. The van der Waals surface area contributed by atoms with Crippen molar-refractivity contribution in [3.05, 3.63) is 46.9 Å². The summed E-state index contributed by atoms with van der Waals surface area (Å²) in [7, 11) is 0.434. The fourth-order valence-electron chi connectivity index (χ4n) is 1.74. The van der Waals surface area contributed by atoms with E-state index >= 15 is 0 Å². The minimum absolute atomic E-state index is 0.356. The Labute approximate surface area is 134 Å². The van der Waals surface area contributed by atoms with E-state index in [2.05, 4.69) is 15.9 Å². The van der Waals surface area contributed by atoms with Crippen LogP contribution >= 0.6 is 15.9 Å². The Morgan fingerprint density at radius 3 is 2.43 bits per heavy atom. The van der Waals surface area contributed by atoms with E-state index in [0.717, 1.165) is 16.0 Å². The molecule has 0 heterocycles. The zero-order valence-electron chi connectivity index (χ0n) is 11.5. The Bertz CT molecular complexity index is 631. The van der Waals surface area contributed by atoms with E-state index in [4.69, 9.17) is 15.2 Å². The number of hydrogen-bond donors (Lipinski definition) is 1. The van der Waals surface area contributed by atoms with Crippen LogP contribution in [0.15, 0.2) is 51.8 Å². The Hall–Kier alpha value is -1.53. The molecule has 6 heteroatoms. The standard InChI is InChI=1S/C15H16BrNO3S/c1-19-12-3-5-13(6-4-12)20-8-9-21(18)15-7-2-11(16)10-14(15)17/h2-7,10H,8-9,17H2,1H3. The summed E-state index contributed by atoms with van der Waals surface area (Å²) in [5.74, 6) is 1.88. The number of hydrogen-bond acceptors (Lipinski definition) is 4. The summed E-state index contributed by atoms with van der Waals surface area (Å²) >= 11 is 3.33. The van der Waals surface area contributed by atoms with Crippen molar-refractivity contribution in [2.24, 2.45) is 0 Å². The normalized spacial score (nSPS) is 11.9. The third-order valence-electron chi connectivity index (χ3n) is 2.81. The molecule has 0 aliphatic heterocycles. The largest absolute Gasteiger partial charge is 0.497 e. The van der Waals surface area contributed by atoms with E-state index in [1.807, 2.05) is 30.3 Å². The maximum Gasteiger partial charge on any atom is 0.119 e. The van der Waals surface area contributed by atoms with Crippen molar-refractivity contribution in [3.63, 3.8) is 0 Å². The van der Waals surface area contributed by atoms with Crippen LogP contribution in [0.4, 0.5) is 5.69 Å². The molecule has 0 radical (unpaired) electrons. The van der Waals surface area contributed by atoms with Gasteiger partial charge >= 0.3 is 0 Å². The van der Waals surface area contributed by atoms with Gasteiger partial charge in [0, 0.05) is 10.2 Å². The molecular weight excluding hydrogens is 354 g/mol. The Kier molecular flexibility index (Phi) is 5.64. The molecule has 0 fully saturated rings. The molecule has 2 aromatic rings. The quantitative estimate of drug-likeness (QED) is 0.794. The van der Waals surface area contributed by atoms with Crippen LogP contribution in [0.2, 0.25) is 0 Å². The summed E-state index contributed by atoms with van der Waals surface area (Å²) in [6, 6.07) is 12.6. The average molecular weight is 370 g/mol. The number of ether oxygens (including phenoxy) is 2. The monoisotopic (exact) mass is 369 g/mol. The summed E-state index contributed by atoms with van der Waals surface area (Å²) < 4.78 is 23.7. The van der Waals surface area contributed by atoms with Gasteiger partial charge in [-0.3, -0.25) is 4.21 Å². The van der Waals surface area contributed by atoms with Crippen LogP contribution in [0, 0.1) is 0 Å². The number of methoxy groups -OCH3 is 1. The van der Waals surface area contributed by atoms with Crippen molar-refractivity contribution in [1.29, 1.82) is 0 Å². The lowest BCUT2D eigenvalue weighted by molar-refractivity contribution is 0.341. The highest BCUT2D eigenvalue weighted by atomic mass is 79.9. The SMILES string of the molecule is COc1ccc(OCCS(=O)c2ccc(Br)cc2N)cc1. The summed E-state index contributed by atoms with van der Waals surface area (Å²) in [6.07, 6.45) is 0. The van der Waals surface area contributed by atoms with Gasteiger partial charge in [0.1, 0.15) is 18.1 Å². The Morgan fingerprint density at radius 2 is 1.81 bits per heavy atom. The van der Waals surface area contributed by atoms with Gasteiger partial charge in [-0.25, -0.2) is 0 Å². The van der Waals surface area contributed by atoms with Crippen LogP contribution in [-0.2, 0) is 10.8 Å². The molecule has 112 valence electrons. The molecule has 2 N–H and O–H groups in total.